The normalized spacial score (nSPS) is 13.4. The van der Waals surface area contributed by atoms with E-state index in [0.717, 1.165) is 36.0 Å². The van der Waals surface area contributed by atoms with E-state index < -0.39 is 0 Å². The number of rotatable bonds is 4. The highest BCUT2D eigenvalue weighted by Gasteiger charge is 2.29. The summed E-state index contributed by atoms with van der Waals surface area (Å²) in [4.78, 5) is 34.5. The quantitative estimate of drug-likeness (QED) is 0.284. The van der Waals surface area contributed by atoms with Crippen LogP contribution in [0, 0.1) is 6.92 Å². The van der Waals surface area contributed by atoms with E-state index in [0.29, 0.717) is 48.3 Å². The van der Waals surface area contributed by atoms with Gasteiger partial charge in [-0.05, 0) is 61.7 Å². The Hall–Kier alpha value is -2.94. The Morgan fingerprint density at radius 3 is 2.40 bits per heavy atom. The van der Waals surface area contributed by atoms with Gasteiger partial charge < -0.3 is 16.0 Å². The van der Waals surface area contributed by atoms with E-state index in [2.05, 4.69) is 21.2 Å². The molecule has 35 heavy (non-hydrogen) atoms. The third kappa shape index (κ3) is 4.53. The molecule has 1 aliphatic heterocycles. The number of pyridine rings is 1. The SMILES string of the molecule is Cc1nc2sc(C(=O)N3CCCC3)c(N)c2c(-c2ccc(Br)cc2)c1C(=O)Nc1ccc(Cl)cc1. The molecule has 0 spiro atoms. The predicted octanol–water partition coefficient (Wildman–Crippen LogP) is 6.76. The van der Waals surface area contributed by atoms with E-state index in [1.165, 1.54) is 11.3 Å². The van der Waals surface area contributed by atoms with Crippen LogP contribution in [0.4, 0.5) is 11.4 Å². The first kappa shape index (κ1) is 23.8. The Balaban J connectivity index is 1.70. The number of carbonyl (C=O) groups is 2. The number of aryl methyl sites for hydroxylation is 1. The summed E-state index contributed by atoms with van der Waals surface area (Å²) in [6.07, 6.45) is 1.99. The number of thiophene rings is 1. The maximum atomic E-state index is 13.6. The van der Waals surface area contributed by atoms with Gasteiger partial charge in [-0.2, -0.15) is 0 Å². The number of amides is 2. The van der Waals surface area contributed by atoms with Crippen LogP contribution < -0.4 is 11.1 Å². The molecule has 0 unspecified atom stereocenters. The van der Waals surface area contributed by atoms with Gasteiger partial charge in [-0.1, -0.05) is 39.7 Å². The fraction of sp³-hybridized carbons (Fsp3) is 0.192. The molecule has 0 radical (unpaired) electrons. The van der Waals surface area contributed by atoms with E-state index >= 15 is 0 Å². The lowest BCUT2D eigenvalue weighted by atomic mass is 9.94. The molecule has 6 nitrogen and oxygen atoms in total. The molecule has 178 valence electrons. The van der Waals surface area contributed by atoms with E-state index in [9.17, 15) is 9.59 Å². The van der Waals surface area contributed by atoms with E-state index in [1.807, 2.05) is 29.2 Å². The fourth-order valence-corrected chi connectivity index (χ4v) is 5.91. The summed E-state index contributed by atoms with van der Waals surface area (Å²) in [5.74, 6) is -0.385. The molecular weight excluding hydrogens is 548 g/mol. The Kier molecular flexibility index (Phi) is 6.53. The van der Waals surface area contributed by atoms with Crippen LogP contribution in [0.5, 0.6) is 0 Å². The Bertz CT molecular complexity index is 1450. The maximum absolute atomic E-state index is 13.6. The van der Waals surface area contributed by atoms with Gasteiger partial charge in [-0.25, -0.2) is 4.98 Å². The standard InChI is InChI=1S/C26H22BrClN4O2S/c1-14-19(24(33)31-18-10-8-17(28)9-11-18)20(15-4-6-16(27)7-5-15)21-22(29)23(35-25(21)30-14)26(34)32-12-2-3-13-32/h4-11H,2-3,12-13,29H2,1H3,(H,31,33). The molecule has 1 aliphatic rings. The molecular formula is C26H22BrClN4O2S. The summed E-state index contributed by atoms with van der Waals surface area (Å²) in [5.41, 5.74) is 10.1. The van der Waals surface area contributed by atoms with E-state index in [-0.39, 0.29) is 11.8 Å². The van der Waals surface area contributed by atoms with Crippen molar-refractivity contribution in [3.05, 3.63) is 74.2 Å². The number of fused-ring (bicyclic) bond motifs is 1. The maximum Gasteiger partial charge on any atom is 0.266 e. The van der Waals surface area contributed by atoms with Gasteiger partial charge in [-0.15, -0.1) is 11.3 Å². The Labute approximate surface area is 220 Å². The van der Waals surface area contributed by atoms with Gasteiger partial charge in [0.25, 0.3) is 11.8 Å². The molecule has 5 rings (SSSR count). The first-order chi connectivity index (χ1) is 16.8. The van der Waals surface area contributed by atoms with Crippen molar-refractivity contribution in [3.63, 3.8) is 0 Å². The lowest BCUT2D eigenvalue weighted by molar-refractivity contribution is 0.0798. The Morgan fingerprint density at radius 2 is 1.74 bits per heavy atom. The number of nitrogens with one attached hydrogen (secondary N) is 1. The number of likely N-dealkylation sites (tertiary alicyclic amines) is 1. The monoisotopic (exact) mass is 568 g/mol. The zero-order valence-electron chi connectivity index (χ0n) is 18.9. The van der Waals surface area contributed by atoms with Gasteiger partial charge in [0.15, 0.2) is 0 Å². The van der Waals surface area contributed by atoms with Crippen LogP contribution in [0.3, 0.4) is 0 Å². The zero-order chi connectivity index (χ0) is 24.7. The van der Waals surface area contributed by atoms with Crippen molar-refractivity contribution < 1.29 is 9.59 Å². The number of hydrogen-bond acceptors (Lipinski definition) is 5. The lowest BCUT2D eigenvalue weighted by Gasteiger charge is -2.16. The third-order valence-electron chi connectivity index (χ3n) is 6.11. The lowest BCUT2D eigenvalue weighted by Crippen LogP contribution is -2.27. The molecule has 2 amide bonds. The molecule has 3 N–H and O–H groups in total. The number of nitrogens with zero attached hydrogens (tertiary/aromatic N) is 2. The molecule has 0 aliphatic carbocycles. The number of aromatic nitrogens is 1. The van der Waals surface area contributed by atoms with Gasteiger partial charge in [0.2, 0.25) is 0 Å². The number of nitrogens with two attached hydrogens (primary N) is 1. The van der Waals surface area contributed by atoms with Crippen LogP contribution in [-0.2, 0) is 0 Å². The molecule has 3 heterocycles. The van der Waals surface area contributed by atoms with Crippen molar-refractivity contribution >= 4 is 72.3 Å². The summed E-state index contributed by atoms with van der Waals surface area (Å²) in [7, 11) is 0. The van der Waals surface area contributed by atoms with Crippen LogP contribution in [-0.4, -0.2) is 34.8 Å². The second-order valence-corrected chi connectivity index (χ2v) is 10.8. The van der Waals surface area contributed by atoms with Gasteiger partial charge >= 0.3 is 0 Å². The average Bonchev–Trinajstić information content (AvgIpc) is 3.48. The van der Waals surface area contributed by atoms with Crippen molar-refractivity contribution in [2.45, 2.75) is 19.8 Å². The molecule has 2 aromatic carbocycles. The summed E-state index contributed by atoms with van der Waals surface area (Å²) >= 11 is 10.8. The van der Waals surface area contributed by atoms with Gasteiger partial charge in [-0.3, -0.25) is 9.59 Å². The van der Waals surface area contributed by atoms with Gasteiger partial charge in [0.1, 0.15) is 9.71 Å². The van der Waals surface area contributed by atoms with Crippen LogP contribution in [0.25, 0.3) is 21.3 Å². The molecule has 4 aromatic rings. The van der Waals surface area contributed by atoms with Gasteiger partial charge in [0, 0.05) is 39.2 Å². The molecule has 0 saturated carbocycles. The van der Waals surface area contributed by atoms with E-state index in [4.69, 9.17) is 22.3 Å². The summed E-state index contributed by atoms with van der Waals surface area (Å²) in [5, 5.41) is 4.16. The highest BCUT2D eigenvalue weighted by molar-refractivity contribution is 9.10. The molecule has 9 heteroatoms. The topological polar surface area (TPSA) is 88.3 Å². The number of anilines is 2. The van der Waals surface area contributed by atoms with Crippen molar-refractivity contribution in [1.82, 2.24) is 9.88 Å². The summed E-state index contributed by atoms with van der Waals surface area (Å²) in [6.45, 7) is 3.26. The second-order valence-electron chi connectivity index (χ2n) is 8.44. The molecule has 1 saturated heterocycles. The third-order valence-corrected chi connectivity index (χ3v) is 7.98. The number of benzene rings is 2. The number of halogens is 2. The minimum Gasteiger partial charge on any atom is -0.397 e. The zero-order valence-corrected chi connectivity index (χ0v) is 22.1. The second kappa shape index (κ2) is 9.60. The highest BCUT2D eigenvalue weighted by atomic mass is 79.9. The number of carbonyl (C=O) groups excluding carboxylic acids is 2. The average molecular weight is 570 g/mol. The van der Waals surface area contributed by atoms with Crippen molar-refractivity contribution in [3.8, 4) is 11.1 Å². The largest absolute Gasteiger partial charge is 0.397 e. The minimum atomic E-state index is -0.310. The van der Waals surface area contributed by atoms with Gasteiger partial charge in [0.05, 0.1) is 16.9 Å². The molecule has 2 aromatic heterocycles. The molecule has 0 bridgehead atoms. The van der Waals surface area contributed by atoms with Crippen molar-refractivity contribution in [2.75, 3.05) is 24.1 Å². The van der Waals surface area contributed by atoms with Crippen LogP contribution in [0.15, 0.2) is 53.0 Å². The van der Waals surface area contributed by atoms with Crippen LogP contribution in [0.1, 0.15) is 38.6 Å². The minimum absolute atomic E-state index is 0.0745. The van der Waals surface area contributed by atoms with Crippen molar-refractivity contribution in [1.29, 1.82) is 0 Å². The summed E-state index contributed by atoms with van der Waals surface area (Å²) < 4.78 is 0.915. The first-order valence-corrected chi connectivity index (χ1v) is 13.2. The fourth-order valence-electron chi connectivity index (χ4n) is 4.40. The van der Waals surface area contributed by atoms with Crippen LogP contribution >= 0.6 is 38.9 Å². The summed E-state index contributed by atoms with van der Waals surface area (Å²) in [6, 6.07) is 14.6. The number of nitrogen functional groups attached to an aromatic ring is 1. The van der Waals surface area contributed by atoms with Crippen molar-refractivity contribution in [2.24, 2.45) is 0 Å². The number of hydrogen-bond donors (Lipinski definition) is 2. The molecule has 0 atom stereocenters. The molecule has 1 fully saturated rings. The Morgan fingerprint density at radius 1 is 1.09 bits per heavy atom. The predicted molar refractivity (Wildman–Crippen MR) is 146 cm³/mol. The smallest absolute Gasteiger partial charge is 0.266 e. The first-order valence-electron chi connectivity index (χ1n) is 11.2. The van der Waals surface area contributed by atoms with E-state index in [1.54, 1.807) is 31.2 Å². The highest BCUT2D eigenvalue weighted by Crippen LogP contribution is 2.43. The van der Waals surface area contributed by atoms with Crippen LogP contribution in [0.2, 0.25) is 5.02 Å².